The standard InChI is InChI=1S/C30H30N2O4/c1-21(26-14-7-10-22-9-3-4-13-27(22)26)31-18-25-19-32(28-15-5-6-16-29(28)36-25)23-11-8-12-24(17-23)35-20-30(33)34-2/h3-17,21,25,31H,18-20H2,1-2H3/t21-,25?/m1/s1. The molecule has 1 N–H and O–H groups in total. The van der Waals surface area contributed by atoms with E-state index in [1.165, 1.54) is 23.4 Å². The molecule has 1 aliphatic rings. The van der Waals surface area contributed by atoms with Gasteiger partial charge in [0.05, 0.1) is 19.3 Å². The number of esters is 1. The zero-order valence-corrected chi connectivity index (χ0v) is 20.5. The van der Waals surface area contributed by atoms with Crippen LogP contribution in [0.5, 0.6) is 11.5 Å². The van der Waals surface area contributed by atoms with Gasteiger partial charge in [-0.2, -0.15) is 0 Å². The van der Waals surface area contributed by atoms with Gasteiger partial charge in [0, 0.05) is 24.3 Å². The zero-order chi connectivity index (χ0) is 24.9. The molecule has 0 aliphatic carbocycles. The molecule has 184 valence electrons. The molecule has 4 aromatic carbocycles. The highest BCUT2D eigenvalue weighted by Crippen LogP contribution is 2.39. The maximum atomic E-state index is 11.5. The number of hydrogen-bond donors (Lipinski definition) is 1. The van der Waals surface area contributed by atoms with E-state index in [1.54, 1.807) is 0 Å². The van der Waals surface area contributed by atoms with Crippen LogP contribution in [0.1, 0.15) is 18.5 Å². The molecule has 0 fully saturated rings. The predicted molar refractivity (Wildman–Crippen MR) is 142 cm³/mol. The Balaban J connectivity index is 1.33. The van der Waals surface area contributed by atoms with E-state index < -0.39 is 5.97 Å². The number of carbonyl (C=O) groups is 1. The number of ether oxygens (including phenoxy) is 3. The Morgan fingerprint density at radius 3 is 2.69 bits per heavy atom. The van der Waals surface area contributed by atoms with Crippen LogP contribution in [0.4, 0.5) is 11.4 Å². The highest BCUT2D eigenvalue weighted by Gasteiger charge is 2.27. The molecule has 6 nitrogen and oxygen atoms in total. The normalized spacial score (nSPS) is 15.6. The predicted octanol–water partition coefficient (Wildman–Crippen LogP) is 5.64. The molecule has 0 saturated heterocycles. The van der Waals surface area contributed by atoms with Crippen molar-refractivity contribution in [3.05, 3.63) is 96.6 Å². The molecule has 0 bridgehead atoms. The van der Waals surface area contributed by atoms with Crippen LogP contribution in [-0.2, 0) is 9.53 Å². The molecule has 0 amide bonds. The zero-order valence-electron chi connectivity index (χ0n) is 20.5. The number of fused-ring (bicyclic) bond motifs is 2. The maximum Gasteiger partial charge on any atom is 0.343 e. The first-order chi connectivity index (χ1) is 17.6. The lowest BCUT2D eigenvalue weighted by Crippen LogP contribution is -2.44. The molecule has 1 heterocycles. The quantitative estimate of drug-likeness (QED) is 0.328. The van der Waals surface area contributed by atoms with E-state index in [0.29, 0.717) is 18.8 Å². The summed E-state index contributed by atoms with van der Waals surface area (Å²) in [4.78, 5) is 13.7. The number of methoxy groups -OCH3 is 1. The summed E-state index contributed by atoms with van der Waals surface area (Å²) < 4.78 is 16.7. The number of hydrogen-bond acceptors (Lipinski definition) is 6. The average Bonchev–Trinajstić information content (AvgIpc) is 2.94. The maximum absolute atomic E-state index is 11.5. The smallest absolute Gasteiger partial charge is 0.343 e. The van der Waals surface area contributed by atoms with Gasteiger partial charge in [0.15, 0.2) is 6.61 Å². The van der Waals surface area contributed by atoms with Crippen molar-refractivity contribution in [2.75, 3.05) is 31.7 Å². The molecule has 4 aromatic rings. The highest BCUT2D eigenvalue weighted by atomic mass is 16.6. The van der Waals surface area contributed by atoms with Crippen molar-refractivity contribution in [1.82, 2.24) is 5.32 Å². The number of rotatable bonds is 8. The van der Waals surface area contributed by atoms with Crippen molar-refractivity contribution in [3.63, 3.8) is 0 Å². The molecule has 0 spiro atoms. The molecule has 0 aromatic heterocycles. The molecule has 6 heteroatoms. The monoisotopic (exact) mass is 482 g/mol. The fraction of sp³-hybridized carbons (Fsp3) is 0.233. The summed E-state index contributed by atoms with van der Waals surface area (Å²) in [6.45, 7) is 3.43. The van der Waals surface area contributed by atoms with Crippen LogP contribution in [0.2, 0.25) is 0 Å². The molecular formula is C30H30N2O4. The second-order valence-corrected chi connectivity index (χ2v) is 8.88. The van der Waals surface area contributed by atoms with Gasteiger partial charge in [-0.25, -0.2) is 4.79 Å². The second kappa shape index (κ2) is 10.7. The van der Waals surface area contributed by atoms with Crippen LogP contribution < -0.4 is 19.7 Å². The van der Waals surface area contributed by atoms with Gasteiger partial charge in [0.2, 0.25) is 0 Å². The first-order valence-electron chi connectivity index (χ1n) is 12.2. The minimum atomic E-state index is -0.413. The van der Waals surface area contributed by atoms with Gasteiger partial charge in [0.25, 0.3) is 0 Å². The van der Waals surface area contributed by atoms with E-state index in [9.17, 15) is 4.79 Å². The number of nitrogens with zero attached hydrogens (tertiary/aromatic N) is 1. The van der Waals surface area contributed by atoms with Gasteiger partial charge in [0.1, 0.15) is 17.6 Å². The highest BCUT2D eigenvalue weighted by molar-refractivity contribution is 5.86. The van der Waals surface area contributed by atoms with Gasteiger partial charge in [-0.3, -0.25) is 0 Å². The fourth-order valence-electron chi connectivity index (χ4n) is 4.64. The second-order valence-electron chi connectivity index (χ2n) is 8.88. The summed E-state index contributed by atoms with van der Waals surface area (Å²) in [5.41, 5.74) is 3.25. The Morgan fingerprint density at radius 2 is 1.81 bits per heavy atom. The third-order valence-electron chi connectivity index (χ3n) is 6.49. The van der Waals surface area contributed by atoms with Crippen molar-refractivity contribution in [1.29, 1.82) is 0 Å². The minimum absolute atomic E-state index is 0.0584. The van der Waals surface area contributed by atoms with E-state index in [4.69, 9.17) is 9.47 Å². The van der Waals surface area contributed by atoms with Gasteiger partial charge >= 0.3 is 5.97 Å². The molecule has 1 aliphatic heterocycles. The molecule has 0 saturated carbocycles. The number of para-hydroxylation sites is 2. The van der Waals surface area contributed by atoms with E-state index in [-0.39, 0.29) is 18.8 Å². The molecule has 2 atom stereocenters. The van der Waals surface area contributed by atoms with Crippen LogP contribution in [0.3, 0.4) is 0 Å². The number of anilines is 2. The lowest BCUT2D eigenvalue weighted by molar-refractivity contribution is -0.142. The summed E-state index contributed by atoms with van der Waals surface area (Å²) >= 11 is 0. The van der Waals surface area contributed by atoms with Crippen LogP contribution >= 0.6 is 0 Å². The fourth-order valence-corrected chi connectivity index (χ4v) is 4.64. The topological polar surface area (TPSA) is 60.0 Å². The molecular weight excluding hydrogens is 452 g/mol. The van der Waals surface area contributed by atoms with Crippen molar-refractivity contribution in [3.8, 4) is 11.5 Å². The Bertz CT molecular complexity index is 1350. The Hall–Kier alpha value is -4.03. The Kier molecular flexibility index (Phi) is 7.05. The van der Waals surface area contributed by atoms with Crippen molar-refractivity contribution < 1.29 is 19.0 Å². The van der Waals surface area contributed by atoms with Crippen LogP contribution in [0.25, 0.3) is 10.8 Å². The summed E-state index contributed by atoms with van der Waals surface area (Å²) in [6, 6.07) is 30.9. The van der Waals surface area contributed by atoms with E-state index in [0.717, 1.165) is 17.1 Å². The van der Waals surface area contributed by atoms with Gasteiger partial charge in [-0.15, -0.1) is 0 Å². The van der Waals surface area contributed by atoms with E-state index in [2.05, 4.69) is 70.4 Å². The summed E-state index contributed by atoms with van der Waals surface area (Å²) in [5, 5.41) is 6.19. The van der Waals surface area contributed by atoms with Gasteiger partial charge in [-0.1, -0.05) is 60.7 Å². The summed E-state index contributed by atoms with van der Waals surface area (Å²) in [6.07, 6.45) is -0.0584. The van der Waals surface area contributed by atoms with Crippen LogP contribution in [-0.4, -0.2) is 38.9 Å². The molecule has 0 radical (unpaired) electrons. The van der Waals surface area contributed by atoms with Crippen LogP contribution in [0, 0.1) is 0 Å². The number of carbonyl (C=O) groups excluding carboxylic acids is 1. The molecule has 36 heavy (non-hydrogen) atoms. The third kappa shape index (κ3) is 5.14. The van der Waals surface area contributed by atoms with Gasteiger partial charge in [-0.05, 0) is 47.5 Å². The lowest BCUT2D eigenvalue weighted by atomic mass is 9.99. The van der Waals surface area contributed by atoms with E-state index in [1.807, 2.05) is 42.5 Å². The average molecular weight is 483 g/mol. The van der Waals surface area contributed by atoms with Crippen LogP contribution in [0.15, 0.2) is 91.0 Å². The summed E-state index contributed by atoms with van der Waals surface area (Å²) in [7, 11) is 1.35. The molecule has 5 rings (SSSR count). The number of benzene rings is 4. The van der Waals surface area contributed by atoms with Crippen molar-refractivity contribution >= 4 is 28.1 Å². The SMILES string of the molecule is COC(=O)COc1cccc(N2CC(CN[C@H](C)c3cccc4ccccc34)Oc3ccccc32)c1. The lowest BCUT2D eigenvalue weighted by Gasteiger charge is -2.37. The van der Waals surface area contributed by atoms with E-state index >= 15 is 0 Å². The first-order valence-corrected chi connectivity index (χ1v) is 12.2. The number of nitrogens with one attached hydrogen (secondary N) is 1. The van der Waals surface area contributed by atoms with Gasteiger partial charge < -0.3 is 24.4 Å². The third-order valence-corrected chi connectivity index (χ3v) is 6.49. The Labute approximate surface area is 211 Å². The summed E-state index contributed by atoms with van der Waals surface area (Å²) in [5.74, 6) is 1.04. The molecule has 1 unspecified atom stereocenters. The largest absolute Gasteiger partial charge is 0.485 e. The Morgan fingerprint density at radius 1 is 1.03 bits per heavy atom. The van der Waals surface area contributed by atoms with Crippen molar-refractivity contribution in [2.24, 2.45) is 0 Å². The van der Waals surface area contributed by atoms with Crippen molar-refractivity contribution in [2.45, 2.75) is 19.1 Å². The first kappa shape index (κ1) is 23.7. The minimum Gasteiger partial charge on any atom is -0.485 e.